The van der Waals surface area contributed by atoms with Crippen molar-refractivity contribution in [1.82, 2.24) is 10.2 Å². The lowest BCUT2D eigenvalue weighted by Crippen LogP contribution is -2.55. The van der Waals surface area contributed by atoms with Gasteiger partial charge in [-0.15, -0.1) is 0 Å². The third-order valence-corrected chi connectivity index (χ3v) is 10.5. The Morgan fingerprint density at radius 3 is 1.98 bits per heavy atom. The first-order valence-electron chi connectivity index (χ1n) is 16.0. The van der Waals surface area contributed by atoms with Gasteiger partial charge < -0.3 is 10.2 Å². The Labute approximate surface area is 273 Å². The second-order valence-corrected chi connectivity index (χ2v) is 14.0. The van der Waals surface area contributed by atoms with E-state index in [9.17, 15) is 18.0 Å². The minimum absolute atomic E-state index is 0.0542. The largest absolute Gasteiger partial charge is 0.352 e. The number of nitrogens with zero attached hydrogens (tertiary/aromatic N) is 2. The topological polar surface area (TPSA) is 86.8 Å². The molecule has 1 N–H and O–H groups in total. The SMILES string of the molecule is Cc1ccc(S(=O)(=O)N(CC(=O)N(Cc2ccccc2)[C@H](Cc2ccccc2)C(=O)NC2CCCCC2)c2ccccc2C)cc1. The van der Waals surface area contributed by atoms with Crippen LogP contribution in [0.2, 0.25) is 0 Å². The van der Waals surface area contributed by atoms with Crippen LogP contribution in [0.3, 0.4) is 0 Å². The molecular weight excluding hydrogens is 595 g/mol. The Kier molecular flexibility index (Phi) is 10.9. The van der Waals surface area contributed by atoms with Gasteiger partial charge in [0.1, 0.15) is 12.6 Å². The number of nitrogens with one attached hydrogen (secondary N) is 1. The normalized spacial score (nSPS) is 14.3. The molecule has 0 bridgehead atoms. The fourth-order valence-corrected chi connectivity index (χ4v) is 7.55. The average Bonchev–Trinajstić information content (AvgIpc) is 3.07. The molecule has 5 rings (SSSR count). The van der Waals surface area contributed by atoms with Crippen LogP contribution < -0.4 is 9.62 Å². The Hall–Kier alpha value is -4.43. The number of aryl methyl sites for hydroxylation is 2. The van der Waals surface area contributed by atoms with Crippen LogP contribution in [0.4, 0.5) is 5.69 Å². The summed E-state index contributed by atoms with van der Waals surface area (Å²) in [5, 5.41) is 3.25. The van der Waals surface area contributed by atoms with Gasteiger partial charge in [0.2, 0.25) is 11.8 Å². The molecule has 1 aliphatic rings. The van der Waals surface area contributed by atoms with Gasteiger partial charge in [-0.05, 0) is 61.6 Å². The molecule has 4 aromatic carbocycles. The lowest BCUT2D eigenvalue weighted by atomic mass is 9.94. The number of hydrogen-bond donors (Lipinski definition) is 1. The van der Waals surface area contributed by atoms with Gasteiger partial charge in [0.25, 0.3) is 10.0 Å². The highest BCUT2D eigenvalue weighted by Gasteiger charge is 2.35. The maximum Gasteiger partial charge on any atom is 0.264 e. The molecule has 0 heterocycles. The number of carbonyl (C=O) groups is 2. The molecule has 2 amide bonds. The van der Waals surface area contributed by atoms with Crippen molar-refractivity contribution in [2.24, 2.45) is 0 Å². The van der Waals surface area contributed by atoms with Crippen LogP contribution in [0.25, 0.3) is 0 Å². The van der Waals surface area contributed by atoms with E-state index in [2.05, 4.69) is 5.32 Å². The highest BCUT2D eigenvalue weighted by Crippen LogP contribution is 2.28. The van der Waals surface area contributed by atoms with Crippen molar-refractivity contribution in [3.05, 3.63) is 131 Å². The van der Waals surface area contributed by atoms with Crippen LogP contribution in [0, 0.1) is 13.8 Å². The zero-order chi connectivity index (χ0) is 32.5. The second-order valence-electron chi connectivity index (χ2n) is 12.2. The molecule has 0 aromatic heterocycles. The molecule has 0 unspecified atom stereocenters. The fraction of sp³-hybridized carbons (Fsp3) is 0.316. The molecule has 4 aromatic rings. The maximum absolute atomic E-state index is 14.6. The Morgan fingerprint density at radius 2 is 1.35 bits per heavy atom. The number of carbonyl (C=O) groups excluding carboxylic acids is 2. The Morgan fingerprint density at radius 1 is 0.761 bits per heavy atom. The summed E-state index contributed by atoms with van der Waals surface area (Å²) in [6, 6.07) is 32.2. The van der Waals surface area contributed by atoms with E-state index >= 15 is 0 Å². The van der Waals surface area contributed by atoms with Crippen LogP contribution in [-0.4, -0.2) is 43.8 Å². The number of sulfonamides is 1. The van der Waals surface area contributed by atoms with Crippen LogP contribution in [0.15, 0.2) is 114 Å². The molecule has 8 heteroatoms. The van der Waals surface area contributed by atoms with Crippen molar-refractivity contribution in [3.8, 4) is 0 Å². The third-order valence-electron chi connectivity index (χ3n) is 8.69. The molecule has 46 heavy (non-hydrogen) atoms. The first-order valence-corrected chi connectivity index (χ1v) is 17.5. The average molecular weight is 638 g/mol. The summed E-state index contributed by atoms with van der Waals surface area (Å²) in [7, 11) is -4.14. The molecule has 0 aliphatic heterocycles. The first-order chi connectivity index (χ1) is 22.2. The molecule has 1 aliphatic carbocycles. The van der Waals surface area contributed by atoms with E-state index in [0.717, 1.165) is 54.4 Å². The van der Waals surface area contributed by atoms with Crippen molar-refractivity contribution >= 4 is 27.5 Å². The molecule has 0 saturated heterocycles. The summed E-state index contributed by atoms with van der Waals surface area (Å²) in [6.07, 6.45) is 5.39. The lowest BCUT2D eigenvalue weighted by molar-refractivity contribution is -0.140. The van der Waals surface area contributed by atoms with Crippen LogP contribution >= 0.6 is 0 Å². The van der Waals surface area contributed by atoms with Gasteiger partial charge in [-0.25, -0.2) is 8.42 Å². The summed E-state index contributed by atoms with van der Waals surface area (Å²) in [5.41, 5.74) is 3.83. The first kappa shape index (κ1) is 32.9. The molecular formula is C38H43N3O4S. The number of para-hydroxylation sites is 1. The molecule has 0 radical (unpaired) electrons. The molecule has 7 nitrogen and oxygen atoms in total. The van der Waals surface area contributed by atoms with E-state index in [4.69, 9.17) is 0 Å². The highest BCUT2D eigenvalue weighted by atomic mass is 32.2. The van der Waals surface area contributed by atoms with E-state index in [1.54, 1.807) is 41.3 Å². The van der Waals surface area contributed by atoms with Gasteiger partial charge in [-0.3, -0.25) is 13.9 Å². The number of amides is 2. The van der Waals surface area contributed by atoms with Gasteiger partial charge >= 0.3 is 0 Å². The summed E-state index contributed by atoms with van der Waals surface area (Å²) in [6.45, 7) is 3.41. The summed E-state index contributed by atoms with van der Waals surface area (Å²) in [5.74, 6) is -0.675. The molecule has 0 spiro atoms. The highest BCUT2D eigenvalue weighted by molar-refractivity contribution is 7.92. The minimum atomic E-state index is -4.14. The van der Waals surface area contributed by atoms with Crippen LogP contribution in [0.1, 0.15) is 54.4 Å². The Balaban J connectivity index is 1.55. The van der Waals surface area contributed by atoms with Crippen molar-refractivity contribution in [3.63, 3.8) is 0 Å². The third kappa shape index (κ3) is 8.23. The predicted octanol–water partition coefficient (Wildman–Crippen LogP) is 6.59. The summed E-state index contributed by atoms with van der Waals surface area (Å²) < 4.78 is 29.7. The van der Waals surface area contributed by atoms with Gasteiger partial charge in [-0.1, -0.05) is 116 Å². The van der Waals surface area contributed by atoms with Gasteiger partial charge in [0.05, 0.1) is 10.6 Å². The molecule has 1 saturated carbocycles. The number of rotatable bonds is 12. The quantitative estimate of drug-likeness (QED) is 0.190. The number of anilines is 1. The van der Waals surface area contributed by atoms with E-state index in [-0.39, 0.29) is 23.4 Å². The van der Waals surface area contributed by atoms with Gasteiger partial charge in [0.15, 0.2) is 0 Å². The molecule has 240 valence electrons. The van der Waals surface area contributed by atoms with Crippen molar-refractivity contribution in [2.45, 2.75) is 75.9 Å². The Bertz CT molecular complexity index is 1700. The molecule has 1 fully saturated rings. The number of hydrogen-bond acceptors (Lipinski definition) is 4. The van der Waals surface area contributed by atoms with Crippen LogP contribution in [0.5, 0.6) is 0 Å². The monoisotopic (exact) mass is 637 g/mol. The summed E-state index contributed by atoms with van der Waals surface area (Å²) in [4.78, 5) is 30.5. The van der Waals surface area contributed by atoms with Gasteiger partial charge in [0, 0.05) is 19.0 Å². The zero-order valence-corrected chi connectivity index (χ0v) is 27.5. The zero-order valence-electron chi connectivity index (χ0n) is 26.6. The van der Waals surface area contributed by atoms with Gasteiger partial charge in [-0.2, -0.15) is 0 Å². The minimum Gasteiger partial charge on any atom is -0.352 e. The molecule has 1 atom stereocenters. The standard InChI is InChI=1S/C38H43N3O4S/c1-29-22-24-34(25-23-29)46(44,45)41(35-21-13-12-14-30(35)2)28-37(42)40(27-32-17-8-4-9-18-32)36(26-31-15-6-3-7-16-31)38(43)39-33-19-10-5-11-20-33/h3-4,6-9,12-18,21-25,33,36H,5,10-11,19-20,26-28H2,1-2H3,(H,39,43)/t36-/m1/s1. The smallest absolute Gasteiger partial charge is 0.264 e. The fourth-order valence-electron chi connectivity index (χ4n) is 6.07. The van der Waals surface area contributed by atoms with Crippen molar-refractivity contribution < 1.29 is 18.0 Å². The van der Waals surface area contributed by atoms with E-state index in [1.807, 2.05) is 86.6 Å². The van der Waals surface area contributed by atoms with E-state index in [1.165, 1.54) is 4.31 Å². The van der Waals surface area contributed by atoms with Crippen LogP contribution in [-0.2, 0) is 32.6 Å². The van der Waals surface area contributed by atoms with Crippen molar-refractivity contribution in [2.75, 3.05) is 10.8 Å². The lowest BCUT2D eigenvalue weighted by Gasteiger charge is -2.35. The second kappa shape index (κ2) is 15.2. The van der Waals surface area contributed by atoms with E-state index in [0.29, 0.717) is 12.1 Å². The summed E-state index contributed by atoms with van der Waals surface area (Å²) >= 11 is 0. The maximum atomic E-state index is 14.6. The number of benzene rings is 4. The predicted molar refractivity (Wildman–Crippen MR) is 183 cm³/mol. The van der Waals surface area contributed by atoms with E-state index < -0.39 is 28.5 Å². The van der Waals surface area contributed by atoms with Crippen molar-refractivity contribution in [1.29, 1.82) is 0 Å².